The lowest BCUT2D eigenvalue weighted by Gasteiger charge is -2.09. The number of amides is 1. The summed E-state index contributed by atoms with van der Waals surface area (Å²) in [4.78, 5) is 32.3. The third-order valence-electron chi connectivity index (χ3n) is 3.82. The van der Waals surface area contributed by atoms with E-state index >= 15 is 0 Å². The normalized spacial score (nSPS) is 10.2. The molecule has 0 unspecified atom stereocenters. The molecule has 0 saturated heterocycles. The third-order valence-corrected chi connectivity index (χ3v) is 4.12. The largest absolute Gasteiger partial charge is 0.495 e. The Balaban J connectivity index is 1.75. The molecule has 0 atom stereocenters. The minimum Gasteiger partial charge on any atom is -0.495 e. The van der Waals surface area contributed by atoms with Crippen LogP contribution in [0.15, 0.2) is 54.7 Å². The van der Waals surface area contributed by atoms with Gasteiger partial charge in [0.1, 0.15) is 11.4 Å². The van der Waals surface area contributed by atoms with Crippen LogP contribution in [0.4, 0.5) is 17.3 Å². The van der Waals surface area contributed by atoms with Crippen LogP contribution in [-0.2, 0) is 0 Å². The summed E-state index contributed by atoms with van der Waals surface area (Å²) in [5.41, 5.74) is 1.84. The van der Waals surface area contributed by atoms with E-state index in [0.717, 1.165) is 0 Å². The summed E-state index contributed by atoms with van der Waals surface area (Å²) in [5, 5.41) is 6.15. The molecule has 0 saturated carbocycles. The monoisotopic (exact) mass is 396 g/mol. The highest BCUT2D eigenvalue weighted by atomic mass is 35.5. The summed E-state index contributed by atoms with van der Waals surface area (Å²) in [6, 6.07) is 13.3. The van der Waals surface area contributed by atoms with E-state index in [4.69, 9.17) is 16.3 Å². The van der Waals surface area contributed by atoms with Crippen LogP contribution in [0.5, 0.6) is 5.75 Å². The van der Waals surface area contributed by atoms with Crippen LogP contribution in [0, 0.1) is 0 Å². The lowest BCUT2D eigenvalue weighted by Crippen LogP contribution is -2.15. The fourth-order valence-corrected chi connectivity index (χ4v) is 2.69. The van der Waals surface area contributed by atoms with E-state index < -0.39 is 5.91 Å². The Hall–Kier alpha value is -3.45. The molecule has 0 bridgehead atoms. The number of hydrogen-bond donors (Lipinski definition) is 2. The van der Waals surface area contributed by atoms with Crippen molar-refractivity contribution in [1.29, 1.82) is 0 Å². The van der Waals surface area contributed by atoms with Gasteiger partial charge in [0.15, 0.2) is 5.78 Å². The number of hydrogen-bond acceptors (Lipinski definition) is 6. The Kier molecular flexibility index (Phi) is 5.86. The molecule has 28 heavy (non-hydrogen) atoms. The molecule has 1 amide bonds. The van der Waals surface area contributed by atoms with E-state index in [9.17, 15) is 9.59 Å². The van der Waals surface area contributed by atoms with Crippen molar-refractivity contribution < 1.29 is 14.3 Å². The second-order valence-corrected chi connectivity index (χ2v) is 6.24. The Labute approximate surface area is 166 Å². The molecule has 1 heterocycles. The summed E-state index contributed by atoms with van der Waals surface area (Å²) in [6.45, 7) is 1.47. The second kappa shape index (κ2) is 8.49. The Morgan fingerprint density at radius 1 is 1.07 bits per heavy atom. The van der Waals surface area contributed by atoms with Crippen molar-refractivity contribution in [2.75, 3.05) is 17.7 Å². The number of aromatic nitrogens is 2. The number of Topliss-reactive ketones (excluding diaryl/α,β-unsaturated/α-hetero) is 1. The molecule has 0 spiro atoms. The zero-order valence-corrected chi connectivity index (χ0v) is 15.9. The topological polar surface area (TPSA) is 93.2 Å². The fraction of sp³-hybridized carbons (Fsp3) is 0.100. The molecule has 2 aromatic carbocycles. The smallest absolute Gasteiger partial charge is 0.274 e. The van der Waals surface area contributed by atoms with Gasteiger partial charge in [-0.05, 0) is 43.3 Å². The van der Waals surface area contributed by atoms with E-state index in [0.29, 0.717) is 27.7 Å². The zero-order valence-electron chi connectivity index (χ0n) is 15.2. The molecule has 0 radical (unpaired) electrons. The molecular weight excluding hydrogens is 380 g/mol. The molecular formula is C20H17ClN4O3. The molecule has 1 aromatic heterocycles. The Morgan fingerprint density at radius 3 is 2.61 bits per heavy atom. The van der Waals surface area contributed by atoms with Gasteiger partial charge >= 0.3 is 0 Å². The fourth-order valence-electron chi connectivity index (χ4n) is 2.43. The van der Waals surface area contributed by atoms with E-state index in [1.165, 1.54) is 26.3 Å². The maximum atomic E-state index is 12.5. The molecule has 3 rings (SSSR count). The third kappa shape index (κ3) is 4.63. The van der Waals surface area contributed by atoms with Gasteiger partial charge in [0.2, 0.25) is 5.95 Å². The number of anilines is 3. The van der Waals surface area contributed by atoms with Crippen LogP contribution in [-0.4, -0.2) is 28.8 Å². The van der Waals surface area contributed by atoms with Crippen molar-refractivity contribution >= 4 is 40.6 Å². The predicted octanol–water partition coefficient (Wildman–Crippen LogP) is 4.34. The molecule has 0 aliphatic carbocycles. The van der Waals surface area contributed by atoms with Gasteiger partial charge in [-0.15, -0.1) is 0 Å². The standard InChI is InChI=1S/C20H17ClN4O3/c1-12(26)13-4-3-5-14(10-13)23-19(27)17-8-9-22-20(25-17)24-15-6-7-18(28-2)16(21)11-15/h3-11H,1-2H3,(H,23,27)(H,22,24,25). The molecule has 3 aromatic rings. The van der Waals surface area contributed by atoms with E-state index in [2.05, 4.69) is 20.6 Å². The summed E-state index contributed by atoms with van der Waals surface area (Å²) < 4.78 is 5.12. The predicted molar refractivity (Wildman–Crippen MR) is 108 cm³/mol. The van der Waals surface area contributed by atoms with Crippen molar-refractivity contribution in [3.05, 3.63) is 71.0 Å². The van der Waals surface area contributed by atoms with Crippen LogP contribution < -0.4 is 15.4 Å². The number of halogens is 1. The molecule has 8 heteroatoms. The van der Waals surface area contributed by atoms with Crippen molar-refractivity contribution in [3.8, 4) is 5.75 Å². The van der Waals surface area contributed by atoms with Gasteiger partial charge < -0.3 is 15.4 Å². The first-order valence-corrected chi connectivity index (χ1v) is 8.70. The number of rotatable bonds is 6. The first-order chi connectivity index (χ1) is 13.5. The Morgan fingerprint density at radius 2 is 1.89 bits per heavy atom. The summed E-state index contributed by atoms with van der Waals surface area (Å²) in [5.74, 6) is 0.294. The molecule has 0 aliphatic rings. The number of methoxy groups -OCH3 is 1. The van der Waals surface area contributed by atoms with Gasteiger partial charge in [-0.3, -0.25) is 9.59 Å². The summed E-state index contributed by atoms with van der Waals surface area (Å²) >= 11 is 6.11. The molecule has 2 N–H and O–H groups in total. The van der Waals surface area contributed by atoms with E-state index in [-0.39, 0.29) is 17.4 Å². The highest BCUT2D eigenvalue weighted by molar-refractivity contribution is 6.32. The van der Waals surface area contributed by atoms with Crippen molar-refractivity contribution in [3.63, 3.8) is 0 Å². The summed E-state index contributed by atoms with van der Waals surface area (Å²) in [6.07, 6.45) is 1.47. The van der Waals surface area contributed by atoms with Crippen molar-refractivity contribution in [2.45, 2.75) is 6.92 Å². The number of benzene rings is 2. The van der Waals surface area contributed by atoms with Gasteiger partial charge in [-0.25, -0.2) is 9.97 Å². The van der Waals surface area contributed by atoms with E-state index in [1.54, 1.807) is 42.5 Å². The minimum atomic E-state index is -0.418. The van der Waals surface area contributed by atoms with Crippen LogP contribution in [0.2, 0.25) is 5.02 Å². The number of ketones is 1. The average molecular weight is 397 g/mol. The maximum absolute atomic E-state index is 12.5. The number of ether oxygens (including phenoxy) is 1. The Bertz CT molecular complexity index is 1040. The number of carbonyl (C=O) groups is 2. The van der Waals surface area contributed by atoms with Gasteiger partial charge in [-0.1, -0.05) is 23.7 Å². The quantitative estimate of drug-likeness (QED) is 0.602. The van der Waals surface area contributed by atoms with Crippen LogP contribution in [0.3, 0.4) is 0 Å². The maximum Gasteiger partial charge on any atom is 0.274 e. The highest BCUT2D eigenvalue weighted by Gasteiger charge is 2.11. The molecule has 0 aliphatic heterocycles. The van der Waals surface area contributed by atoms with Crippen molar-refractivity contribution in [2.24, 2.45) is 0 Å². The average Bonchev–Trinajstić information content (AvgIpc) is 2.68. The lowest BCUT2D eigenvalue weighted by atomic mass is 10.1. The molecule has 142 valence electrons. The number of nitrogens with zero attached hydrogens (tertiary/aromatic N) is 2. The van der Waals surface area contributed by atoms with Gasteiger partial charge in [-0.2, -0.15) is 0 Å². The van der Waals surface area contributed by atoms with Crippen LogP contribution in [0.25, 0.3) is 0 Å². The summed E-state index contributed by atoms with van der Waals surface area (Å²) in [7, 11) is 1.53. The van der Waals surface area contributed by atoms with Crippen LogP contribution >= 0.6 is 11.6 Å². The first kappa shape index (κ1) is 19.3. The van der Waals surface area contributed by atoms with E-state index in [1.807, 2.05) is 0 Å². The highest BCUT2D eigenvalue weighted by Crippen LogP contribution is 2.28. The lowest BCUT2D eigenvalue weighted by molar-refractivity contribution is 0.100. The minimum absolute atomic E-state index is 0.0808. The first-order valence-electron chi connectivity index (χ1n) is 8.32. The second-order valence-electron chi connectivity index (χ2n) is 5.83. The van der Waals surface area contributed by atoms with Gasteiger partial charge in [0.25, 0.3) is 5.91 Å². The van der Waals surface area contributed by atoms with Crippen LogP contribution in [0.1, 0.15) is 27.8 Å². The number of nitrogens with one attached hydrogen (secondary N) is 2. The molecule has 7 nitrogen and oxygen atoms in total. The molecule has 0 fully saturated rings. The SMILES string of the molecule is COc1ccc(Nc2nccc(C(=O)Nc3cccc(C(C)=O)c3)n2)cc1Cl. The van der Waals surface area contributed by atoms with Crippen molar-refractivity contribution in [1.82, 2.24) is 9.97 Å². The zero-order chi connectivity index (χ0) is 20.1. The van der Waals surface area contributed by atoms with Gasteiger partial charge in [0, 0.05) is 23.1 Å². The number of carbonyl (C=O) groups excluding carboxylic acids is 2. The van der Waals surface area contributed by atoms with Gasteiger partial charge in [0.05, 0.1) is 12.1 Å².